The lowest BCUT2D eigenvalue weighted by Gasteiger charge is -2.17. The van der Waals surface area contributed by atoms with Crippen LogP contribution in [0.3, 0.4) is 0 Å². The number of carbonyl (C=O) groups is 2. The minimum atomic E-state index is -0.877. The van der Waals surface area contributed by atoms with E-state index in [0.29, 0.717) is 5.02 Å². The zero-order valence-corrected chi connectivity index (χ0v) is 15.5. The number of nitriles is 1. The molecule has 0 aliphatic carbocycles. The number of anilines is 1. The summed E-state index contributed by atoms with van der Waals surface area (Å²) in [7, 11) is 0. The summed E-state index contributed by atoms with van der Waals surface area (Å²) in [6.45, 7) is 0.186. The van der Waals surface area contributed by atoms with Crippen molar-refractivity contribution in [1.82, 2.24) is 15.1 Å². The molecule has 0 radical (unpaired) electrons. The van der Waals surface area contributed by atoms with Crippen molar-refractivity contribution in [2.24, 2.45) is 0 Å². The van der Waals surface area contributed by atoms with Gasteiger partial charge in [-0.05, 0) is 46.7 Å². The molecule has 9 heteroatoms. The summed E-state index contributed by atoms with van der Waals surface area (Å²) in [5.74, 6) is -1.69. The number of benzene rings is 1. The second kappa shape index (κ2) is 8.49. The van der Waals surface area contributed by atoms with Crippen molar-refractivity contribution in [2.75, 3.05) is 11.9 Å². The van der Waals surface area contributed by atoms with Gasteiger partial charge < -0.3 is 10.6 Å². The molecule has 2 heterocycles. The lowest BCUT2D eigenvalue weighted by molar-refractivity contribution is -0.136. The van der Waals surface area contributed by atoms with Crippen LogP contribution in [0.25, 0.3) is 0 Å². The highest BCUT2D eigenvalue weighted by molar-refractivity contribution is 7.08. The van der Waals surface area contributed by atoms with Crippen LogP contribution >= 0.6 is 22.9 Å². The summed E-state index contributed by atoms with van der Waals surface area (Å²) >= 11 is 7.42. The van der Waals surface area contributed by atoms with E-state index < -0.39 is 11.8 Å². The highest BCUT2D eigenvalue weighted by Gasteiger charge is 2.20. The third-order valence-electron chi connectivity index (χ3n) is 3.78. The van der Waals surface area contributed by atoms with Crippen molar-refractivity contribution in [3.8, 4) is 6.07 Å². The van der Waals surface area contributed by atoms with Gasteiger partial charge in [-0.3, -0.25) is 14.3 Å². The lowest BCUT2D eigenvalue weighted by atomic mass is 10.1. The molecule has 0 spiro atoms. The molecule has 0 fully saturated rings. The fraction of sp³-hybridized carbons (Fsp3) is 0.111. The Hall–Kier alpha value is -3.15. The predicted molar refractivity (Wildman–Crippen MR) is 102 cm³/mol. The number of amides is 2. The molecule has 0 aliphatic rings. The number of nitrogens with zero attached hydrogens (tertiary/aromatic N) is 3. The largest absolute Gasteiger partial charge is 0.345 e. The van der Waals surface area contributed by atoms with E-state index in [-0.39, 0.29) is 23.8 Å². The molecule has 1 aromatic carbocycles. The summed E-state index contributed by atoms with van der Waals surface area (Å²) in [5, 5.41) is 22.6. The number of hydrogen-bond acceptors (Lipinski definition) is 5. The molecule has 3 rings (SSSR count). The van der Waals surface area contributed by atoms with Gasteiger partial charge in [0.05, 0.1) is 17.3 Å². The van der Waals surface area contributed by atoms with Gasteiger partial charge in [0.2, 0.25) is 0 Å². The lowest BCUT2D eigenvalue weighted by Crippen LogP contribution is -2.39. The summed E-state index contributed by atoms with van der Waals surface area (Å²) in [4.78, 5) is 24.4. The van der Waals surface area contributed by atoms with Crippen LogP contribution in [0.4, 0.5) is 5.69 Å². The van der Waals surface area contributed by atoms with Crippen molar-refractivity contribution in [1.29, 1.82) is 5.26 Å². The molecule has 0 bridgehead atoms. The number of halogens is 1. The maximum absolute atomic E-state index is 12.2. The Morgan fingerprint density at radius 3 is 2.85 bits per heavy atom. The average molecular weight is 400 g/mol. The van der Waals surface area contributed by atoms with Gasteiger partial charge in [0, 0.05) is 24.0 Å². The van der Waals surface area contributed by atoms with E-state index >= 15 is 0 Å². The Labute approximate surface area is 164 Å². The average Bonchev–Trinajstić information content (AvgIpc) is 3.36. The highest BCUT2D eigenvalue weighted by atomic mass is 35.5. The number of thiophene rings is 1. The van der Waals surface area contributed by atoms with Gasteiger partial charge >= 0.3 is 11.8 Å². The van der Waals surface area contributed by atoms with Gasteiger partial charge in [-0.1, -0.05) is 11.6 Å². The number of aromatic nitrogens is 2. The van der Waals surface area contributed by atoms with Crippen molar-refractivity contribution in [3.05, 3.63) is 69.6 Å². The van der Waals surface area contributed by atoms with Crippen LogP contribution in [0.5, 0.6) is 0 Å². The Bertz CT molecular complexity index is 946. The minimum absolute atomic E-state index is 0.186. The fourth-order valence-corrected chi connectivity index (χ4v) is 3.34. The molecule has 1 atom stereocenters. The molecule has 2 amide bonds. The van der Waals surface area contributed by atoms with E-state index in [1.54, 1.807) is 23.1 Å². The molecule has 0 saturated heterocycles. The molecule has 2 aromatic heterocycles. The molecule has 2 N–H and O–H groups in total. The molecule has 1 unspecified atom stereocenters. The van der Waals surface area contributed by atoms with Crippen LogP contribution in [0.2, 0.25) is 5.02 Å². The van der Waals surface area contributed by atoms with Crippen LogP contribution in [0.1, 0.15) is 17.2 Å². The van der Waals surface area contributed by atoms with Gasteiger partial charge in [0.25, 0.3) is 0 Å². The first kappa shape index (κ1) is 18.6. The summed E-state index contributed by atoms with van der Waals surface area (Å²) in [5.41, 5.74) is 1.38. The molecule has 0 aliphatic heterocycles. The standard InChI is InChI=1S/C18H14ClN5O2S/c19-14-3-2-12(9-20)15(8-14)23-18(26)17(25)21-10-16(13-4-7-27-11-13)24-6-1-5-22-24/h1-8,11,16H,10H2,(H,21,25)(H,23,26). The molecule has 27 heavy (non-hydrogen) atoms. The van der Waals surface area contributed by atoms with Gasteiger partial charge in [-0.15, -0.1) is 0 Å². The van der Waals surface area contributed by atoms with Gasteiger partial charge in [-0.25, -0.2) is 0 Å². The molecule has 3 aromatic rings. The van der Waals surface area contributed by atoms with Crippen molar-refractivity contribution in [3.63, 3.8) is 0 Å². The van der Waals surface area contributed by atoms with Crippen LogP contribution in [0, 0.1) is 11.3 Å². The molecule has 0 saturated carbocycles. The molecular weight excluding hydrogens is 386 g/mol. The topological polar surface area (TPSA) is 99.8 Å². The highest BCUT2D eigenvalue weighted by Crippen LogP contribution is 2.21. The first-order chi connectivity index (χ1) is 13.1. The van der Waals surface area contributed by atoms with Crippen LogP contribution in [0.15, 0.2) is 53.5 Å². The Balaban J connectivity index is 1.67. The third kappa shape index (κ3) is 4.53. The van der Waals surface area contributed by atoms with Gasteiger partial charge in [0.1, 0.15) is 6.07 Å². The summed E-state index contributed by atoms with van der Waals surface area (Å²) < 4.78 is 1.71. The molecule has 136 valence electrons. The fourth-order valence-electron chi connectivity index (χ4n) is 2.46. The quantitative estimate of drug-likeness (QED) is 0.644. The van der Waals surface area contributed by atoms with Gasteiger partial charge in [-0.2, -0.15) is 21.7 Å². The number of rotatable bonds is 5. The van der Waals surface area contributed by atoms with E-state index in [2.05, 4.69) is 15.7 Å². The Morgan fingerprint density at radius 1 is 1.33 bits per heavy atom. The monoisotopic (exact) mass is 399 g/mol. The zero-order chi connectivity index (χ0) is 19.2. The van der Waals surface area contributed by atoms with Crippen molar-refractivity contribution < 1.29 is 9.59 Å². The Kier molecular flexibility index (Phi) is 5.86. The first-order valence-corrected chi connectivity index (χ1v) is 9.20. The molecule has 7 nitrogen and oxygen atoms in total. The SMILES string of the molecule is N#Cc1ccc(Cl)cc1NC(=O)C(=O)NCC(c1ccsc1)n1cccn1. The van der Waals surface area contributed by atoms with Crippen molar-refractivity contribution in [2.45, 2.75) is 6.04 Å². The van der Waals surface area contributed by atoms with E-state index in [4.69, 9.17) is 16.9 Å². The van der Waals surface area contributed by atoms with Crippen LogP contribution in [-0.2, 0) is 9.59 Å². The maximum Gasteiger partial charge on any atom is 0.313 e. The number of nitrogens with one attached hydrogen (secondary N) is 2. The summed E-state index contributed by atoms with van der Waals surface area (Å²) in [6, 6.07) is 9.86. The number of carbonyl (C=O) groups excluding carboxylic acids is 2. The van der Waals surface area contributed by atoms with E-state index in [1.807, 2.05) is 22.9 Å². The van der Waals surface area contributed by atoms with Crippen LogP contribution < -0.4 is 10.6 Å². The second-order valence-corrected chi connectivity index (χ2v) is 6.74. The number of hydrogen-bond donors (Lipinski definition) is 2. The Morgan fingerprint density at radius 2 is 2.19 bits per heavy atom. The third-order valence-corrected chi connectivity index (χ3v) is 4.72. The second-order valence-electron chi connectivity index (χ2n) is 5.52. The van der Waals surface area contributed by atoms with Crippen molar-refractivity contribution >= 4 is 40.4 Å². The molecular formula is C18H14ClN5O2S. The first-order valence-electron chi connectivity index (χ1n) is 7.88. The summed E-state index contributed by atoms with van der Waals surface area (Å²) in [6.07, 6.45) is 3.44. The van der Waals surface area contributed by atoms with E-state index in [9.17, 15) is 9.59 Å². The minimum Gasteiger partial charge on any atom is -0.345 e. The maximum atomic E-state index is 12.2. The van der Waals surface area contributed by atoms with Gasteiger partial charge in [0.15, 0.2) is 0 Å². The van der Waals surface area contributed by atoms with E-state index in [0.717, 1.165) is 5.56 Å². The van der Waals surface area contributed by atoms with Crippen LogP contribution in [-0.4, -0.2) is 28.1 Å². The zero-order valence-electron chi connectivity index (χ0n) is 13.9. The smallest absolute Gasteiger partial charge is 0.313 e. The van der Waals surface area contributed by atoms with E-state index in [1.165, 1.54) is 29.5 Å². The predicted octanol–water partition coefficient (Wildman–Crippen LogP) is 2.81. The normalized spacial score (nSPS) is 11.4.